The topological polar surface area (TPSA) is 130 Å². The number of alkyl halides is 3. The highest BCUT2D eigenvalue weighted by Crippen LogP contribution is 2.36. The van der Waals surface area contributed by atoms with Crippen LogP contribution in [0.15, 0.2) is 76.5 Å². The minimum absolute atomic E-state index is 0.0552. The third-order valence-corrected chi connectivity index (χ3v) is 8.69. The van der Waals surface area contributed by atoms with Crippen molar-refractivity contribution in [3.8, 4) is 0 Å². The van der Waals surface area contributed by atoms with Crippen molar-refractivity contribution in [2.24, 2.45) is 0 Å². The molecular weight excluding hydrogens is 559 g/mol. The quantitative estimate of drug-likeness (QED) is 0.459. The molecule has 0 aliphatic carbocycles. The smallest absolute Gasteiger partial charge is 0.325 e. The van der Waals surface area contributed by atoms with Gasteiger partial charge in [-0.3, -0.25) is 14.3 Å². The summed E-state index contributed by atoms with van der Waals surface area (Å²) in [6, 6.07) is 12.6. The number of benzene rings is 3. The molecular formula is C22H15ClF3N3O6S2. The predicted octanol–water partition coefficient (Wildman–Crippen LogP) is 3.94. The SMILES string of the molecule is O=C(CN1C(=O)c2ccccc2S1(=O)=O)Nc1ccc(S(=O)(=O)Nc2ccc(Cl)c(C(F)(F)F)c2)cc1. The first kappa shape index (κ1) is 26.4. The highest BCUT2D eigenvalue weighted by Gasteiger charge is 2.41. The Bertz CT molecular complexity index is 1630. The third kappa shape index (κ3) is 5.26. The van der Waals surface area contributed by atoms with Crippen LogP contribution in [0.1, 0.15) is 15.9 Å². The first-order chi connectivity index (χ1) is 17.2. The standard InChI is InChI=1S/C22H15ClF3N3O6S2/c23-18-10-7-14(11-17(18)22(24,25)26)28-36(32,33)15-8-5-13(6-9-15)27-20(30)12-29-21(31)16-3-1-2-4-19(16)37(29,34)35/h1-11,28H,12H2,(H,27,30). The second kappa shape index (κ2) is 9.36. The van der Waals surface area contributed by atoms with Crippen molar-refractivity contribution in [1.82, 2.24) is 4.31 Å². The van der Waals surface area contributed by atoms with Crippen LogP contribution in [0.5, 0.6) is 0 Å². The second-order valence-corrected chi connectivity index (χ2v) is 11.6. The molecule has 0 atom stereocenters. The lowest BCUT2D eigenvalue weighted by Gasteiger charge is -2.15. The highest BCUT2D eigenvalue weighted by molar-refractivity contribution is 7.92. The van der Waals surface area contributed by atoms with Crippen LogP contribution < -0.4 is 10.0 Å². The van der Waals surface area contributed by atoms with Gasteiger partial charge in [0.15, 0.2) is 0 Å². The average molecular weight is 574 g/mol. The largest absolute Gasteiger partial charge is 0.417 e. The van der Waals surface area contributed by atoms with Gasteiger partial charge in [0, 0.05) is 11.4 Å². The summed E-state index contributed by atoms with van der Waals surface area (Å²) in [4.78, 5) is 24.3. The molecule has 4 rings (SSSR count). The van der Waals surface area contributed by atoms with E-state index in [0.29, 0.717) is 10.4 Å². The van der Waals surface area contributed by atoms with E-state index in [1.807, 2.05) is 4.72 Å². The summed E-state index contributed by atoms with van der Waals surface area (Å²) >= 11 is 5.54. The van der Waals surface area contributed by atoms with Crippen LogP contribution in [0.4, 0.5) is 24.5 Å². The number of hydrogen-bond acceptors (Lipinski definition) is 6. The first-order valence-corrected chi connectivity index (χ1v) is 13.5. The summed E-state index contributed by atoms with van der Waals surface area (Å²) in [6.45, 7) is -0.810. The van der Waals surface area contributed by atoms with Gasteiger partial charge in [-0.05, 0) is 54.6 Å². The van der Waals surface area contributed by atoms with Gasteiger partial charge in [0.25, 0.3) is 26.0 Å². The molecule has 0 bridgehead atoms. The molecule has 0 spiro atoms. The maximum Gasteiger partial charge on any atom is 0.417 e. The molecule has 0 radical (unpaired) electrons. The summed E-state index contributed by atoms with van der Waals surface area (Å²) in [6.07, 6.45) is -4.79. The number of sulfonamides is 2. The summed E-state index contributed by atoms with van der Waals surface area (Å²) in [5, 5.41) is 1.77. The van der Waals surface area contributed by atoms with Gasteiger partial charge < -0.3 is 5.32 Å². The van der Waals surface area contributed by atoms with Crippen molar-refractivity contribution in [1.29, 1.82) is 0 Å². The normalized spacial score (nSPS) is 14.8. The predicted molar refractivity (Wildman–Crippen MR) is 127 cm³/mol. The molecule has 15 heteroatoms. The summed E-state index contributed by atoms with van der Waals surface area (Å²) in [5.41, 5.74) is -1.56. The molecule has 1 heterocycles. The number of fused-ring (bicyclic) bond motifs is 1. The summed E-state index contributed by atoms with van der Waals surface area (Å²) < 4.78 is 91.9. The van der Waals surface area contributed by atoms with E-state index >= 15 is 0 Å². The fourth-order valence-corrected chi connectivity index (χ4v) is 6.25. The van der Waals surface area contributed by atoms with Crippen LogP contribution in [0.2, 0.25) is 5.02 Å². The van der Waals surface area contributed by atoms with Crippen molar-refractivity contribution < 1.29 is 39.6 Å². The summed E-state index contributed by atoms with van der Waals surface area (Å²) in [7, 11) is -8.51. The second-order valence-electron chi connectivity index (χ2n) is 7.68. The van der Waals surface area contributed by atoms with Crippen LogP contribution >= 0.6 is 11.6 Å². The maximum atomic E-state index is 13.0. The molecule has 0 fully saturated rings. The molecule has 0 aromatic heterocycles. The number of nitrogens with one attached hydrogen (secondary N) is 2. The number of carbonyl (C=O) groups excluding carboxylic acids is 2. The molecule has 2 N–H and O–H groups in total. The highest BCUT2D eigenvalue weighted by atomic mass is 35.5. The summed E-state index contributed by atoms with van der Waals surface area (Å²) in [5.74, 6) is -1.71. The van der Waals surface area contributed by atoms with Gasteiger partial charge in [-0.25, -0.2) is 21.1 Å². The fraction of sp³-hybridized carbons (Fsp3) is 0.0909. The van der Waals surface area contributed by atoms with Crippen molar-refractivity contribution in [3.63, 3.8) is 0 Å². The molecule has 0 saturated carbocycles. The molecule has 37 heavy (non-hydrogen) atoms. The number of carbonyl (C=O) groups is 2. The number of amides is 2. The van der Waals surface area contributed by atoms with E-state index in [4.69, 9.17) is 11.6 Å². The molecule has 3 aromatic carbocycles. The van der Waals surface area contributed by atoms with Gasteiger partial charge in [-0.2, -0.15) is 13.2 Å². The van der Waals surface area contributed by atoms with Gasteiger partial charge >= 0.3 is 6.18 Å². The van der Waals surface area contributed by atoms with E-state index in [1.54, 1.807) is 0 Å². The molecule has 3 aromatic rings. The monoisotopic (exact) mass is 573 g/mol. The van der Waals surface area contributed by atoms with Crippen molar-refractivity contribution in [2.45, 2.75) is 16.0 Å². The number of hydrogen-bond donors (Lipinski definition) is 2. The van der Waals surface area contributed by atoms with Crippen LogP contribution in [-0.2, 0) is 31.0 Å². The van der Waals surface area contributed by atoms with E-state index in [9.17, 15) is 39.6 Å². The third-order valence-electron chi connectivity index (χ3n) is 5.17. The Balaban J connectivity index is 1.45. The lowest BCUT2D eigenvalue weighted by atomic mass is 10.2. The van der Waals surface area contributed by atoms with Crippen molar-refractivity contribution in [2.75, 3.05) is 16.6 Å². The van der Waals surface area contributed by atoms with E-state index < -0.39 is 55.2 Å². The zero-order valence-corrected chi connectivity index (χ0v) is 20.7. The maximum absolute atomic E-state index is 13.0. The van der Waals surface area contributed by atoms with Gasteiger partial charge in [-0.1, -0.05) is 23.7 Å². The minimum Gasteiger partial charge on any atom is -0.325 e. The fourth-order valence-electron chi connectivity index (χ4n) is 3.46. The number of nitrogens with zero attached hydrogens (tertiary/aromatic N) is 1. The number of anilines is 2. The Hall–Kier alpha value is -3.62. The molecule has 0 saturated heterocycles. The van der Waals surface area contributed by atoms with Gasteiger partial charge in [0.1, 0.15) is 11.4 Å². The Morgan fingerprint density at radius 2 is 1.59 bits per heavy atom. The van der Waals surface area contributed by atoms with E-state index in [2.05, 4.69) is 5.32 Å². The molecule has 1 aliphatic heterocycles. The molecule has 194 valence electrons. The molecule has 9 nitrogen and oxygen atoms in total. The number of halogens is 4. The Morgan fingerprint density at radius 3 is 2.22 bits per heavy atom. The van der Waals surface area contributed by atoms with Crippen molar-refractivity contribution in [3.05, 3.63) is 82.9 Å². The van der Waals surface area contributed by atoms with Crippen molar-refractivity contribution >= 4 is 54.8 Å². The van der Waals surface area contributed by atoms with E-state index in [0.717, 1.165) is 24.3 Å². The van der Waals surface area contributed by atoms with Crippen LogP contribution in [0, 0.1) is 0 Å². The Labute approximate surface area is 214 Å². The lowest BCUT2D eigenvalue weighted by molar-refractivity contribution is -0.137. The van der Waals surface area contributed by atoms with E-state index in [-0.39, 0.29) is 26.7 Å². The molecule has 2 amide bonds. The Kier molecular flexibility index (Phi) is 6.69. The average Bonchev–Trinajstić information content (AvgIpc) is 3.00. The van der Waals surface area contributed by atoms with Gasteiger partial charge in [0.2, 0.25) is 5.91 Å². The van der Waals surface area contributed by atoms with E-state index in [1.165, 1.54) is 36.4 Å². The minimum atomic E-state index is -4.79. The van der Waals surface area contributed by atoms with Gasteiger partial charge in [-0.15, -0.1) is 0 Å². The van der Waals surface area contributed by atoms with Gasteiger partial charge in [0.05, 0.1) is 21.0 Å². The zero-order valence-electron chi connectivity index (χ0n) is 18.3. The molecule has 0 unspecified atom stereocenters. The molecule has 1 aliphatic rings. The zero-order chi connectivity index (χ0) is 27.2. The van der Waals surface area contributed by atoms with Crippen LogP contribution in [0.3, 0.4) is 0 Å². The lowest BCUT2D eigenvalue weighted by Crippen LogP contribution is -2.37. The van der Waals surface area contributed by atoms with Crippen LogP contribution in [-0.4, -0.2) is 39.5 Å². The Morgan fingerprint density at radius 1 is 0.973 bits per heavy atom. The first-order valence-electron chi connectivity index (χ1n) is 10.2. The van der Waals surface area contributed by atoms with Crippen LogP contribution in [0.25, 0.3) is 0 Å². The number of rotatable bonds is 6.